The highest BCUT2D eigenvalue weighted by atomic mass is 35.5. The second-order valence-corrected chi connectivity index (χ2v) is 5.33. The minimum absolute atomic E-state index is 0.201. The number of rotatable bonds is 8. The van der Waals surface area contributed by atoms with Gasteiger partial charge in [-0.3, -0.25) is 9.48 Å². The Morgan fingerprint density at radius 2 is 2.11 bits per heavy atom. The van der Waals surface area contributed by atoms with Crippen molar-refractivity contribution in [2.24, 2.45) is 0 Å². The van der Waals surface area contributed by atoms with E-state index in [1.165, 1.54) is 0 Å². The molecule has 108 valence electrons. The molecule has 0 radical (unpaired) electrons. The molecule has 0 aromatic carbocycles. The van der Waals surface area contributed by atoms with E-state index >= 15 is 0 Å². The van der Waals surface area contributed by atoms with Crippen LogP contribution in [0.4, 0.5) is 0 Å². The Balaban J connectivity index is 2.65. The zero-order valence-electron chi connectivity index (χ0n) is 12.3. The standard InChI is InChI=1S/C14H24ClN3O/c1-5-12-14(15)13(18(6-2)17-12)9-11(19)7-8-16-10(3)4/h10,16H,5-9H2,1-4H3. The van der Waals surface area contributed by atoms with Crippen LogP contribution in [0.3, 0.4) is 0 Å². The topological polar surface area (TPSA) is 46.9 Å². The first-order valence-corrected chi connectivity index (χ1v) is 7.36. The summed E-state index contributed by atoms with van der Waals surface area (Å²) in [6.07, 6.45) is 1.70. The lowest BCUT2D eigenvalue weighted by molar-refractivity contribution is -0.118. The molecule has 1 rings (SSSR count). The van der Waals surface area contributed by atoms with Crippen LogP contribution in [-0.4, -0.2) is 28.2 Å². The van der Waals surface area contributed by atoms with Gasteiger partial charge in [-0.2, -0.15) is 5.10 Å². The highest BCUT2D eigenvalue weighted by molar-refractivity contribution is 6.32. The zero-order chi connectivity index (χ0) is 14.4. The van der Waals surface area contributed by atoms with E-state index in [0.717, 1.165) is 30.9 Å². The fraction of sp³-hybridized carbons (Fsp3) is 0.714. The maximum Gasteiger partial charge on any atom is 0.140 e. The summed E-state index contributed by atoms with van der Waals surface area (Å²) in [4.78, 5) is 12.0. The van der Waals surface area contributed by atoms with Crippen LogP contribution in [0.25, 0.3) is 0 Å². The Hall–Kier alpha value is -0.870. The van der Waals surface area contributed by atoms with Gasteiger partial charge in [0.25, 0.3) is 0 Å². The monoisotopic (exact) mass is 285 g/mol. The summed E-state index contributed by atoms with van der Waals surface area (Å²) in [5, 5.41) is 8.33. The molecule has 0 amide bonds. The van der Waals surface area contributed by atoms with Crippen molar-refractivity contribution in [1.82, 2.24) is 15.1 Å². The summed E-state index contributed by atoms with van der Waals surface area (Å²) < 4.78 is 1.84. The molecule has 0 saturated heterocycles. The fourth-order valence-corrected chi connectivity index (χ4v) is 2.30. The van der Waals surface area contributed by atoms with Crippen molar-refractivity contribution in [3.8, 4) is 0 Å². The number of hydrogen-bond donors (Lipinski definition) is 1. The van der Waals surface area contributed by atoms with E-state index in [1.807, 2.05) is 18.5 Å². The average Bonchev–Trinajstić information content (AvgIpc) is 2.66. The maximum atomic E-state index is 12.0. The van der Waals surface area contributed by atoms with Crippen LogP contribution in [0.15, 0.2) is 0 Å². The molecule has 0 bridgehead atoms. The first kappa shape index (κ1) is 16.2. The van der Waals surface area contributed by atoms with Gasteiger partial charge in [-0.1, -0.05) is 32.4 Å². The first-order chi connectivity index (χ1) is 8.99. The van der Waals surface area contributed by atoms with Crippen LogP contribution in [0.5, 0.6) is 0 Å². The number of aryl methyl sites for hydroxylation is 2. The van der Waals surface area contributed by atoms with Gasteiger partial charge in [0.05, 0.1) is 16.4 Å². The highest BCUT2D eigenvalue weighted by Crippen LogP contribution is 2.22. The van der Waals surface area contributed by atoms with Crippen LogP contribution < -0.4 is 5.32 Å². The van der Waals surface area contributed by atoms with Crippen molar-refractivity contribution in [3.05, 3.63) is 16.4 Å². The van der Waals surface area contributed by atoms with Crippen molar-refractivity contribution >= 4 is 17.4 Å². The molecule has 0 unspecified atom stereocenters. The molecule has 5 heteroatoms. The van der Waals surface area contributed by atoms with Crippen LogP contribution >= 0.6 is 11.6 Å². The maximum absolute atomic E-state index is 12.0. The Morgan fingerprint density at radius 1 is 1.42 bits per heavy atom. The van der Waals surface area contributed by atoms with Gasteiger partial charge in [0, 0.05) is 32.0 Å². The summed E-state index contributed by atoms with van der Waals surface area (Å²) in [5.41, 5.74) is 1.74. The summed E-state index contributed by atoms with van der Waals surface area (Å²) in [7, 11) is 0. The summed E-state index contributed by atoms with van der Waals surface area (Å²) in [6.45, 7) is 9.63. The van der Waals surface area contributed by atoms with Gasteiger partial charge in [0.15, 0.2) is 0 Å². The van der Waals surface area contributed by atoms with E-state index in [-0.39, 0.29) is 5.78 Å². The predicted octanol–water partition coefficient (Wildman–Crippen LogP) is 2.62. The molecule has 1 aromatic heterocycles. The predicted molar refractivity (Wildman–Crippen MR) is 78.8 cm³/mol. The lowest BCUT2D eigenvalue weighted by Crippen LogP contribution is -2.26. The average molecular weight is 286 g/mol. The molecule has 0 saturated carbocycles. The number of nitrogens with zero attached hydrogens (tertiary/aromatic N) is 2. The lowest BCUT2D eigenvalue weighted by Gasteiger charge is -2.08. The number of ketones is 1. The summed E-state index contributed by atoms with van der Waals surface area (Å²) >= 11 is 6.29. The summed E-state index contributed by atoms with van der Waals surface area (Å²) in [6, 6.07) is 0.407. The molecule has 0 fully saturated rings. The molecule has 0 aliphatic carbocycles. The van der Waals surface area contributed by atoms with Gasteiger partial charge < -0.3 is 5.32 Å². The van der Waals surface area contributed by atoms with Crippen LogP contribution in [0, 0.1) is 0 Å². The van der Waals surface area contributed by atoms with Crippen molar-refractivity contribution in [3.63, 3.8) is 0 Å². The van der Waals surface area contributed by atoms with E-state index in [9.17, 15) is 4.79 Å². The zero-order valence-corrected chi connectivity index (χ0v) is 13.0. The molecule has 19 heavy (non-hydrogen) atoms. The number of hydrogen-bond acceptors (Lipinski definition) is 3. The molecule has 0 atom stereocenters. The number of aromatic nitrogens is 2. The smallest absolute Gasteiger partial charge is 0.140 e. The van der Waals surface area contributed by atoms with Crippen LogP contribution in [0.1, 0.15) is 45.5 Å². The Bertz CT molecular complexity index is 427. The largest absolute Gasteiger partial charge is 0.314 e. The van der Waals surface area contributed by atoms with Crippen LogP contribution in [-0.2, 0) is 24.2 Å². The van der Waals surface area contributed by atoms with Gasteiger partial charge in [0.2, 0.25) is 0 Å². The van der Waals surface area contributed by atoms with Gasteiger partial charge in [-0.25, -0.2) is 0 Å². The van der Waals surface area contributed by atoms with Gasteiger partial charge >= 0.3 is 0 Å². The SMILES string of the molecule is CCc1nn(CC)c(CC(=O)CCNC(C)C)c1Cl. The van der Waals surface area contributed by atoms with Gasteiger partial charge in [0.1, 0.15) is 5.78 Å². The second-order valence-electron chi connectivity index (χ2n) is 4.95. The molecule has 0 spiro atoms. The van der Waals surface area contributed by atoms with Crippen molar-refractivity contribution in [2.45, 2.75) is 59.5 Å². The molecule has 0 aliphatic heterocycles. The van der Waals surface area contributed by atoms with E-state index in [0.29, 0.717) is 23.9 Å². The van der Waals surface area contributed by atoms with E-state index in [2.05, 4.69) is 24.3 Å². The van der Waals surface area contributed by atoms with Gasteiger partial charge in [-0.05, 0) is 13.3 Å². The Kier molecular flexibility index (Phi) is 6.52. The number of carbonyl (C=O) groups excluding carboxylic acids is 1. The van der Waals surface area contributed by atoms with Crippen molar-refractivity contribution in [2.75, 3.05) is 6.54 Å². The normalized spacial score (nSPS) is 11.3. The van der Waals surface area contributed by atoms with Crippen LogP contribution in [0.2, 0.25) is 5.02 Å². The third kappa shape index (κ3) is 4.62. The number of Topliss-reactive ketones (excluding diaryl/α,β-unsaturated/α-hetero) is 1. The van der Waals surface area contributed by atoms with Crippen molar-refractivity contribution in [1.29, 1.82) is 0 Å². The summed E-state index contributed by atoms with van der Waals surface area (Å²) in [5.74, 6) is 0.201. The quantitative estimate of drug-likeness (QED) is 0.799. The second kappa shape index (κ2) is 7.65. The molecule has 1 aromatic rings. The van der Waals surface area contributed by atoms with Gasteiger partial charge in [-0.15, -0.1) is 0 Å². The minimum atomic E-state index is 0.201. The van der Waals surface area contributed by atoms with E-state index in [1.54, 1.807) is 0 Å². The van der Waals surface area contributed by atoms with E-state index in [4.69, 9.17) is 11.6 Å². The molecule has 0 aliphatic rings. The first-order valence-electron chi connectivity index (χ1n) is 6.98. The molecular formula is C14H24ClN3O. The third-order valence-corrected chi connectivity index (χ3v) is 3.45. The Morgan fingerprint density at radius 3 is 2.63 bits per heavy atom. The third-order valence-electron chi connectivity index (χ3n) is 3.02. The molecular weight excluding hydrogens is 262 g/mol. The molecule has 1 N–H and O–H groups in total. The number of halogens is 1. The van der Waals surface area contributed by atoms with Crippen molar-refractivity contribution < 1.29 is 4.79 Å². The van der Waals surface area contributed by atoms with E-state index < -0.39 is 0 Å². The number of nitrogens with one attached hydrogen (secondary N) is 1. The number of carbonyl (C=O) groups is 1. The fourth-order valence-electron chi connectivity index (χ4n) is 1.96. The minimum Gasteiger partial charge on any atom is -0.314 e. The molecule has 1 heterocycles. The highest BCUT2D eigenvalue weighted by Gasteiger charge is 2.16. The molecule has 4 nitrogen and oxygen atoms in total. The lowest BCUT2D eigenvalue weighted by atomic mass is 10.1. The Labute approximate surface area is 120 Å².